The van der Waals surface area contributed by atoms with Crippen LogP contribution in [0.4, 0.5) is 11.4 Å². The number of benzene rings is 1. The Morgan fingerprint density at radius 1 is 1.18 bits per heavy atom. The molecule has 1 heterocycles. The van der Waals surface area contributed by atoms with Crippen molar-refractivity contribution in [1.29, 1.82) is 0 Å². The summed E-state index contributed by atoms with van der Waals surface area (Å²) in [6, 6.07) is 8.30. The second-order valence-electron chi connectivity index (χ2n) is 4.43. The number of halogens is 2. The monoisotopic (exact) mass is 339 g/mol. The van der Waals surface area contributed by atoms with Gasteiger partial charge in [-0.3, -0.25) is 4.79 Å². The maximum atomic E-state index is 12.1. The summed E-state index contributed by atoms with van der Waals surface area (Å²) in [7, 11) is 1.64. The summed E-state index contributed by atoms with van der Waals surface area (Å²) in [6.07, 6.45) is 1.60. The van der Waals surface area contributed by atoms with E-state index in [1.807, 2.05) is 0 Å². The van der Waals surface area contributed by atoms with E-state index in [4.69, 9.17) is 27.9 Å². The first-order valence-corrected chi connectivity index (χ1v) is 7.31. The summed E-state index contributed by atoms with van der Waals surface area (Å²) in [5.74, 6) is -0.318. The van der Waals surface area contributed by atoms with Gasteiger partial charge in [0.15, 0.2) is 0 Å². The smallest absolute Gasteiger partial charge is 0.274 e. The van der Waals surface area contributed by atoms with Crippen LogP contribution in [0.5, 0.6) is 0 Å². The van der Waals surface area contributed by atoms with E-state index in [-0.39, 0.29) is 5.91 Å². The SMILES string of the molecule is COCCNc1ccc(C(=O)Nc2ccc(Cl)c(Cl)c2)nc1. The number of nitrogens with one attached hydrogen (secondary N) is 2. The van der Waals surface area contributed by atoms with Gasteiger partial charge in [-0.15, -0.1) is 0 Å². The van der Waals surface area contributed by atoms with Crippen molar-refractivity contribution in [1.82, 2.24) is 4.98 Å². The lowest BCUT2D eigenvalue weighted by Crippen LogP contribution is -2.14. The molecule has 0 saturated heterocycles. The molecule has 22 heavy (non-hydrogen) atoms. The van der Waals surface area contributed by atoms with Crippen molar-refractivity contribution in [2.24, 2.45) is 0 Å². The van der Waals surface area contributed by atoms with Gasteiger partial charge < -0.3 is 15.4 Å². The first-order valence-electron chi connectivity index (χ1n) is 6.55. The van der Waals surface area contributed by atoms with E-state index in [1.165, 1.54) is 0 Å². The summed E-state index contributed by atoms with van der Waals surface area (Å²) in [6.45, 7) is 1.27. The molecule has 7 heteroatoms. The quantitative estimate of drug-likeness (QED) is 0.787. The molecule has 0 fully saturated rings. The lowest BCUT2D eigenvalue weighted by Gasteiger charge is -2.08. The van der Waals surface area contributed by atoms with E-state index >= 15 is 0 Å². The summed E-state index contributed by atoms with van der Waals surface area (Å²) >= 11 is 11.7. The highest BCUT2D eigenvalue weighted by Gasteiger charge is 2.08. The van der Waals surface area contributed by atoms with Crippen molar-refractivity contribution in [3.8, 4) is 0 Å². The average molecular weight is 340 g/mol. The van der Waals surface area contributed by atoms with Crippen molar-refractivity contribution in [2.75, 3.05) is 30.9 Å². The molecular formula is C15H15Cl2N3O2. The summed E-state index contributed by atoms with van der Waals surface area (Å²) in [5, 5.41) is 6.65. The first-order chi connectivity index (χ1) is 10.6. The Balaban J connectivity index is 1.98. The third kappa shape index (κ3) is 4.59. The van der Waals surface area contributed by atoms with Crippen molar-refractivity contribution < 1.29 is 9.53 Å². The van der Waals surface area contributed by atoms with E-state index in [1.54, 1.807) is 43.6 Å². The van der Waals surface area contributed by atoms with E-state index in [0.717, 1.165) is 5.69 Å². The zero-order chi connectivity index (χ0) is 15.9. The lowest BCUT2D eigenvalue weighted by molar-refractivity contribution is 0.102. The predicted molar refractivity (Wildman–Crippen MR) is 89.0 cm³/mol. The molecule has 0 unspecified atom stereocenters. The number of pyridine rings is 1. The number of rotatable bonds is 6. The van der Waals surface area contributed by atoms with Gasteiger partial charge in [-0.2, -0.15) is 0 Å². The Kier molecular flexibility index (Phi) is 6.00. The number of carbonyl (C=O) groups is 1. The number of amides is 1. The Labute approximate surface area is 138 Å². The third-order valence-electron chi connectivity index (χ3n) is 2.81. The normalized spacial score (nSPS) is 10.3. The Hall–Kier alpha value is -1.82. The topological polar surface area (TPSA) is 63.2 Å². The van der Waals surface area contributed by atoms with Crippen LogP contribution in [0.25, 0.3) is 0 Å². The molecule has 2 N–H and O–H groups in total. The molecule has 1 aromatic carbocycles. The van der Waals surface area contributed by atoms with E-state index in [9.17, 15) is 4.79 Å². The number of carbonyl (C=O) groups excluding carboxylic acids is 1. The van der Waals surface area contributed by atoms with E-state index in [2.05, 4.69) is 15.6 Å². The lowest BCUT2D eigenvalue weighted by atomic mass is 10.3. The molecule has 5 nitrogen and oxygen atoms in total. The molecule has 1 amide bonds. The summed E-state index contributed by atoms with van der Waals surface area (Å²) in [5.41, 5.74) is 1.69. The fraction of sp³-hybridized carbons (Fsp3) is 0.200. The highest BCUT2D eigenvalue weighted by atomic mass is 35.5. The highest BCUT2D eigenvalue weighted by Crippen LogP contribution is 2.25. The number of nitrogens with zero attached hydrogens (tertiary/aromatic N) is 1. The fourth-order valence-electron chi connectivity index (χ4n) is 1.70. The van der Waals surface area contributed by atoms with Crippen LogP contribution in [-0.4, -0.2) is 31.2 Å². The average Bonchev–Trinajstić information content (AvgIpc) is 2.52. The van der Waals surface area contributed by atoms with Gasteiger partial charge in [0.25, 0.3) is 5.91 Å². The second kappa shape index (κ2) is 7.98. The second-order valence-corrected chi connectivity index (χ2v) is 5.25. The van der Waals surface area contributed by atoms with Crippen LogP contribution in [0.2, 0.25) is 10.0 Å². The van der Waals surface area contributed by atoms with Crippen molar-refractivity contribution in [3.63, 3.8) is 0 Å². The fourth-order valence-corrected chi connectivity index (χ4v) is 2.00. The Bertz CT molecular complexity index is 648. The molecule has 1 aromatic heterocycles. The van der Waals surface area contributed by atoms with Gasteiger partial charge in [-0.05, 0) is 30.3 Å². The molecule has 0 aliphatic carbocycles. The molecule has 116 valence electrons. The summed E-state index contributed by atoms with van der Waals surface area (Å²) in [4.78, 5) is 16.2. The van der Waals surface area contributed by atoms with Gasteiger partial charge in [-0.25, -0.2) is 4.98 Å². The van der Waals surface area contributed by atoms with E-state index < -0.39 is 0 Å². The minimum absolute atomic E-state index is 0.309. The standard InChI is InChI=1S/C15H15Cl2N3O2/c1-22-7-6-18-11-3-5-14(19-9-11)15(21)20-10-2-4-12(16)13(17)8-10/h2-5,8-9,18H,6-7H2,1H3,(H,20,21). The van der Waals surface area contributed by atoms with Crippen LogP contribution >= 0.6 is 23.2 Å². The minimum Gasteiger partial charge on any atom is -0.383 e. The molecule has 2 rings (SSSR count). The minimum atomic E-state index is -0.318. The molecule has 0 radical (unpaired) electrons. The van der Waals surface area contributed by atoms with Gasteiger partial charge >= 0.3 is 0 Å². The van der Waals surface area contributed by atoms with E-state index in [0.29, 0.717) is 34.6 Å². The third-order valence-corrected chi connectivity index (χ3v) is 3.55. The van der Waals surface area contributed by atoms with Gasteiger partial charge in [0.1, 0.15) is 5.69 Å². The summed E-state index contributed by atoms with van der Waals surface area (Å²) < 4.78 is 4.94. The number of hydrogen-bond donors (Lipinski definition) is 2. The molecule has 0 saturated carbocycles. The van der Waals surface area contributed by atoms with Crippen LogP contribution in [0, 0.1) is 0 Å². The highest BCUT2D eigenvalue weighted by molar-refractivity contribution is 6.42. The molecule has 0 atom stereocenters. The predicted octanol–water partition coefficient (Wildman–Crippen LogP) is 3.70. The number of ether oxygens (including phenoxy) is 1. The molecule has 0 aliphatic heterocycles. The first kappa shape index (κ1) is 16.5. The van der Waals surface area contributed by atoms with Gasteiger partial charge in [0, 0.05) is 19.3 Å². The molecule has 0 spiro atoms. The van der Waals surface area contributed by atoms with Crippen molar-refractivity contribution in [2.45, 2.75) is 0 Å². The maximum absolute atomic E-state index is 12.1. The number of hydrogen-bond acceptors (Lipinski definition) is 4. The maximum Gasteiger partial charge on any atom is 0.274 e. The zero-order valence-electron chi connectivity index (χ0n) is 11.9. The Morgan fingerprint density at radius 3 is 2.59 bits per heavy atom. The Morgan fingerprint density at radius 2 is 1.95 bits per heavy atom. The van der Waals surface area contributed by atoms with Gasteiger partial charge in [0.05, 0.1) is 28.5 Å². The zero-order valence-corrected chi connectivity index (χ0v) is 13.4. The van der Waals surface area contributed by atoms with Crippen LogP contribution in [-0.2, 0) is 4.74 Å². The van der Waals surface area contributed by atoms with Crippen LogP contribution in [0.1, 0.15) is 10.5 Å². The molecule has 2 aromatic rings. The van der Waals surface area contributed by atoms with Crippen LogP contribution in [0.15, 0.2) is 36.5 Å². The van der Waals surface area contributed by atoms with Crippen LogP contribution < -0.4 is 10.6 Å². The molecule has 0 aliphatic rings. The van der Waals surface area contributed by atoms with Gasteiger partial charge in [0.2, 0.25) is 0 Å². The molecular weight excluding hydrogens is 325 g/mol. The number of methoxy groups -OCH3 is 1. The number of anilines is 2. The van der Waals surface area contributed by atoms with Crippen molar-refractivity contribution >= 4 is 40.5 Å². The molecule has 0 bridgehead atoms. The number of aromatic nitrogens is 1. The van der Waals surface area contributed by atoms with Crippen LogP contribution in [0.3, 0.4) is 0 Å². The van der Waals surface area contributed by atoms with Crippen molar-refractivity contribution in [3.05, 3.63) is 52.3 Å². The largest absolute Gasteiger partial charge is 0.383 e. The van der Waals surface area contributed by atoms with Gasteiger partial charge in [-0.1, -0.05) is 23.2 Å².